The molecule has 3 aromatic heterocycles. The maximum atomic E-state index is 6.49. The van der Waals surface area contributed by atoms with Crippen molar-refractivity contribution in [2.75, 3.05) is 0 Å². The molecule has 11 aromatic rings. The summed E-state index contributed by atoms with van der Waals surface area (Å²) in [6.45, 7) is 0. The Hall–Kier alpha value is -7.37. The van der Waals surface area contributed by atoms with E-state index >= 15 is 0 Å². The molecule has 8 aromatic carbocycles. The van der Waals surface area contributed by atoms with Crippen molar-refractivity contribution in [3.63, 3.8) is 0 Å². The highest BCUT2D eigenvalue weighted by atomic mass is 16.3. The molecule has 5 heteroatoms. The minimum Gasteiger partial charge on any atom is -0.456 e. The molecule has 0 saturated heterocycles. The smallest absolute Gasteiger partial charge is 0.167 e. The summed E-state index contributed by atoms with van der Waals surface area (Å²) in [5.41, 5.74) is 13.2. The molecule has 1 aliphatic rings. The minimum absolute atomic E-state index is 0.560. The van der Waals surface area contributed by atoms with Gasteiger partial charge in [-0.25, -0.2) is 15.0 Å². The number of hydrogen-bond donors (Lipinski definition) is 0. The van der Waals surface area contributed by atoms with Crippen molar-refractivity contribution in [2.45, 2.75) is 0 Å². The van der Waals surface area contributed by atoms with Gasteiger partial charge in [-0.2, -0.15) is 0 Å². The highest BCUT2D eigenvalue weighted by Gasteiger charge is 2.24. The molecule has 0 saturated carbocycles. The van der Waals surface area contributed by atoms with E-state index in [-0.39, 0.29) is 0 Å². The lowest BCUT2D eigenvalue weighted by atomic mass is 9.97. The number of fused-ring (bicyclic) bond motifs is 9. The van der Waals surface area contributed by atoms with Crippen LogP contribution in [0.1, 0.15) is 0 Å². The molecule has 12 rings (SSSR count). The molecule has 0 bridgehead atoms. The summed E-state index contributed by atoms with van der Waals surface area (Å²) in [7, 11) is 0. The molecule has 5 nitrogen and oxygen atoms in total. The van der Waals surface area contributed by atoms with Crippen LogP contribution in [-0.2, 0) is 0 Å². The topological polar surface area (TPSA) is 65.0 Å². The monoisotopic (exact) mass is 689 g/mol. The lowest BCUT2D eigenvalue weighted by molar-refractivity contribution is 0.669. The average Bonchev–Trinajstić information content (AvgIpc) is 3.92. The average molecular weight is 690 g/mol. The number of aromatic nitrogens is 3. The van der Waals surface area contributed by atoms with Gasteiger partial charge in [0.25, 0.3) is 0 Å². The van der Waals surface area contributed by atoms with Gasteiger partial charge in [0.05, 0.1) is 5.56 Å². The molecule has 250 valence electrons. The van der Waals surface area contributed by atoms with E-state index < -0.39 is 0 Å². The predicted octanol–water partition coefficient (Wildman–Crippen LogP) is 13.1. The van der Waals surface area contributed by atoms with Gasteiger partial charge in [-0.1, -0.05) is 133 Å². The van der Waals surface area contributed by atoms with Crippen LogP contribution in [0.15, 0.2) is 173 Å². The maximum absolute atomic E-state index is 6.49. The minimum atomic E-state index is 0.560. The Bertz CT molecular complexity index is 3310. The number of para-hydroxylation sites is 3. The summed E-state index contributed by atoms with van der Waals surface area (Å²) in [6, 6.07) is 56.8. The van der Waals surface area contributed by atoms with Crippen molar-refractivity contribution in [3.05, 3.63) is 164 Å². The first kappa shape index (κ1) is 29.2. The lowest BCUT2D eigenvalue weighted by Gasteiger charge is -2.12. The van der Waals surface area contributed by atoms with Crippen LogP contribution in [0.25, 0.3) is 122 Å². The normalized spacial score (nSPS) is 12.1. The molecule has 54 heavy (non-hydrogen) atoms. The summed E-state index contributed by atoms with van der Waals surface area (Å²) < 4.78 is 12.7. The number of nitrogens with zero attached hydrogens (tertiary/aromatic N) is 3. The van der Waals surface area contributed by atoms with E-state index in [1.54, 1.807) is 0 Å². The quantitative estimate of drug-likeness (QED) is 0.184. The highest BCUT2D eigenvalue weighted by Crippen LogP contribution is 2.49. The van der Waals surface area contributed by atoms with Crippen molar-refractivity contribution in [1.82, 2.24) is 15.0 Å². The Morgan fingerprint density at radius 1 is 0.278 bits per heavy atom. The largest absolute Gasteiger partial charge is 0.456 e. The van der Waals surface area contributed by atoms with Gasteiger partial charge < -0.3 is 8.83 Å². The first-order valence-corrected chi connectivity index (χ1v) is 18.1. The Kier molecular flexibility index (Phi) is 5.99. The molecule has 0 N–H and O–H groups in total. The standard InChI is InChI=1S/C49H27N3O2/c1-2-11-32-31(10-1)34-15-7-16-35-38(27-26-36(32)44(34)35)48-50-47(51-49(52-48)40-18-8-17-37-33-12-3-5-19-41(33)54-46(37)40)29-24-22-28(23-25-29)30-14-9-21-43-45(30)39-13-4-6-20-42(39)53-43/h1-27H. The molecule has 0 atom stereocenters. The molecule has 0 amide bonds. The molecule has 1 aliphatic carbocycles. The first-order valence-electron chi connectivity index (χ1n) is 18.1. The summed E-state index contributed by atoms with van der Waals surface area (Å²) in [4.78, 5) is 15.6. The third-order valence-corrected chi connectivity index (χ3v) is 10.9. The van der Waals surface area contributed by atoms with E-state index in [0.717, 1.165) is 77.1 Å². The SMILES string of the molecule is c1ccc2c(c1)-c1cccc3c(-c4nc(-c5ccc(-c6cccc7oc8ccccc8c67)cc5)nc(-c5cccc6c5oc5ccccc56)n4)ccc-2c13. The van der Waals surface area contributed by atoms with Gasteiger partial charge in [0.2, 0.25) is 0 Å². The van der Waals surface area contributed by atoms with Crippen molar-refractivity contribution in [1.29, 1.82) is 0 Å². The molecular formula is C49H27N3O2. The van der Waals surface area contributed by atoms with Crippen molar-refractivity contribution in [2.24, 2.45) is 0 Å². The molecule has 0 spiro atoms. The van der Waals surface area contributed by atoms with E-state index in [1.165, 1.54) is 27.6 Å². The molecule has 0 unspecified atom stereocenters. The van der Waals surface area contributed by atoms with Gasteiger partial charge >= 0.3 is 0 Å². The fourth-order valence-electron chi connectivity index (χ4n) is 8.49. The van der Waals surface area contributed by atoms with Crippen LogP contribution >= 0.6 is 0 Å². The maximum Gasteiger partial charge on any atom is 0.167 e. The molecular weight excluding hydrogens is 663 g/mol. The highest BCUT2D eigenvalue weighted by molar-refractivity contribution is 6.18. The number of hydrogen-bond acceptors (Lipinski definition) is 5. The van der Waals surface area contributed by atoms with Crippen LogP contribution in [0.3, 0.4) is 0 Å². The second-order valence-corrected chi connectivity index (χ2v) is 13.9. The second-order valence-electron chi connectivity index (χ2n) is 13.9. The third-order valence-electron chi connectivity index (χ3n) is 10.9. The van der Waals surface area contributed by atoms with E-state index in [9.17, 15) is 0 Å². The fraction of sp³-hybridized carbons (Fsp3) is 0. The van der Waals surface area contributed by atoms with Crippen LogP contribution in [0.4, 0.5) is 0 Å². The van der Waals surface area contributed by atoms with E-state index in [1.807, 2.05) is 54.6 Å². The van der Waals surface area contributed by atoms with Gasteiger partial charge in [0, 0.05) is 32.7 Å². The molecule has 0 fully saturated rings. The zero-order valence-electron chi connectivity index (χ0n) is 28.7. The Morgan fingerprint density at radius 3 is 1.61 bits per heavy atom. The van der Waals surface area contributed by atoms with Crippen LogP contribution in [0, 0.1) is 0 Å². The Balaban J connectivity index is 1.06. The van der Waals surface area contributed by atoms with E-state index in [0.29, 0.717) is 17.5 Å². The van der Waals surface area contributed by atoms with Crippen molar-refractivity contribution in [3.8, 4) is 67.5 Å². The summed E-state index contributed by atoms with van der Waals surface area (Å²) in [6.07, 6.45) is 0. The zero-order chi connectivity index (χ0) is 35.3. The molecule has 0 radical (unpaired) electrons. The predicted molar refractivity (Wildman–Crippen MR) is 218 cm³/mol. The second kappa shape index (κ2) is 11.1. The Morgan fingerprint density at radius 2 is 0.796 bits per heavy atom. The van der Waals surface area contributed by atoms with Gasteiger partial charge in [-0.3, -0.25) is 0 Å². The molecule has 3 heterocycles. The zero-order valence-corrected chi connectivity index (χ0v) is 28.7. The summed E-state index contributed by atoms with van der Waals surface area (Å²) >= 11 is 0. The van der Waals surface area contributed by atoms with Crippen LogP contribution in [-0.4, -0.2) is 15.0 Å². The van der Waals surface area contributed by atoms with Crippen LogP contribution < -0.4 is 0 Å². The third kappa shape index (κ3) is 4.18. The number of rotatable bonds is 4. The summed E-state index contributed by atoms with van der Waals surface area (Å²) in [5.74, 6) is 1.76. The Labute approximate surface area is 308 Å². The number of benzene rings is 8. The first-order chi connectivity index (χ1) is 26.8. The van der Waals surface area contributed by atoms with Gasteiger partial charge in [-0.05, 0) is 74.5 Å². The number of furan rings is 2. The fourth-order valence-corrected chi connectivity index (χ4v) is 8.49. The van der Waals surface area contributed by atoms with Crippen molar-refractivity contribution < 1.29 is 8.83 Å². The van der Waals surface area contributed by atoms with Crippen LogP contribution in [0.2, 0.25) is 0 Å². The molecule has 0 aliphatic heterocycles. The van der Waals surface area contributed by atoms with E-state index in [2.05, 4.69) is 109 Å². The van der Waals surface area contributed by atoms with Gasteiger partial charge in [0.1, 0.15) is 22.3 Å². The van der Waals surface area contributed by atoms with E-state index in [4.69, 9.17) is 23.8 Å². The summed E-state index contributed by atoms with van der Waals surface area (Å²) in [5, 5.41) is 6.64. The van der Waals surface area contributed by atoms with Gasteiger partial charge in [0.15, 0.2) is 17.5 Å². The van der Waals surface area contributed by atoms with Crippen LogP contribution in [0.5, 0.6) is 0 Å². The van der Waals surface area contributed by atoms with Crippen molar-refractivity contribution >= 4 is 54.6 Å². The van der Waals surface area contributed by atoms with Gasteiger partial charge in [-0.15, -0.1) is 0 Å². The lowest BCUT2D eigenvalue weighted by Crippen LogP contribution is -2.01.